The first-order valence-electron chi connectivity index (χ1n) is 11.8. The van der Waals surface area contributed by atoms with Crippen LogP contribution < -0.4 is 10.2 Å². The minimum absolute atomic E-state index is 0.0805. The number of aromatic nitrogens is 1. The fraction of sp³-hybridized carbons (Fsp3) is 0.500. The molecular formula is C24H26ClF4N4O3S-. The maximum atomic E-state index is 14.5. The molecule has 0 aliphatic carbocycles. The van der Waals surface area contributed by atoms with Crippen molar-refractivity contribution in [3.63, 3.8) is 0 Å². The van der Waals surface area contributed by atoms with Gasteiger partial charge in [0.25, 0.3) is 0 Å². The predicted molar refractivity (Wildman–Crippen MR) is 131 cm³/mol. The van der Waals surface area contributed by atoms with Crippen molar-refractivity contribution in [2.45, 2.75) is 69.2 Å². The monoisotopic (exact) mass is 561 g/mol. The van der Waals surface area contributed by atoms with E-state index in [0.717, 1.165) is 18.3 Å². The molecule has 0 bridgehead atoms. The number of amides is 1. The molecule has 202 valence electrons. The van der Waals surface area contributed by atoms with Gasteiger partial charge >= 0.3 is 6.18 Å². The number of likely N-dealkylation sites (tertiary alicyclic amines) is 1. The van der Waals surface area contributed by atoms with E-state index in [2.05, 4.69) is 10.3 Å². The van der Waals surface area contributed by atoms with Crippen LogP contribution in [0.1, 0.15) is 44.2 Å². The van der Waals surface area contributed by atoms with Crippen LogP contribution in [0.2, 0.25) is 5.02 Å². The van der Waals surface area contributed by atoms with Gasteiger partial charge in [0.1, 0.15) is 17.7 Å². The Labute approximate surface area is 219 Å². The van der Waals surface area contributed by atoms with Crippen LogP contribution in [-0.2, 0) is 27.8 Å². The summed E-state index contributed by atoms with van der Waals surface area (Å²) in [6.45, 7) is 4.32. The predicted octanol–water partition coefficient (Wildman–Crippen LogP) is 4.73. The summed E-state index contributed by atoms with van der Waals surface area (Å²) in [5.74, 6) is -0.811. The molecule has 2 aliphatic rings. The molecule has 0 saturated carbocycles. The molecule has 1 N–H and O–H groups in total. The van der Waals surface area contributed by atoms with Crippen molar-refractivity contribution in [3.8, 4) is 0 Å². The Morgan fingerprint density at radius 1 is 1.22 bits per heavy atom. The van der Waals surface area contributed by atoms with Crippen LogP contribution in [0.25, 0.3) is 0 Å². The van der Waals surface area contributed by atoms with Gasteiger partial charge in [-0.25, -0.2) is 9.37 Å². The number of halogens is 5. The van der Waals surface area contributed by atoms with Gasteiger partial charge in [-0.05, 0) is 56.9 Å². The van der Waals surface area contributed by atoms with Gasteiger partial charge in [0.15, 0.2) is 0 Å². The molecule has 0 radical (unpaired) electrons. The molecule has 0 spiro atoms. The van der Waals surface area contributed by atoms with E-state index in [9.17, 15) is 31.1 Å². The zero-order chi connectivity index (χ0) is 27.1. The summed E-state index contributed by atoms with van der Waals surface area (Å²) >= 11 is 3.86. The van der Waals surface area contributed by atoms with E-state index in [1.165, 1.54) is 12.1 Å². The van der Waals surface area contributed by atoms with Gasteiger partial charge in [0.05, 0.1) is 16.3 Å². The molecule has 7 nitrogen and oxygen atoms in total. The number of carbonyl (C=O) groups excluding carboxylic acids is 1. The molecule has 4 rings (SSSR count). The van der Waals surface area contributed by atoms with Crippen LogP contribution in [0, 0.1) is 5.82 Å². The van der Waals surface area contributed by atoms with Crippen molar-refractivity contribution < 1.29 is 31.1 Å². The average molecular weight is 562 g/mol. The first-order chi connectivity index (χ1) is 17.3. The summed E-state index contributed by atoms with van der Waals surface area (Å²) in [6, 6.07) is 3.92. The number of rotatable bonds is 6. The second-order valence-corrected chi connectivity index (χ2v) is 10.8. The maximum absolute atomic E-state index is 14.5. The smallest absolute Gasteiger partial charge is 0.417 e. The minimum atomic E-state index is -4.54. The lowest BCUT2D eigenvalue weighted by Crippen LogP contribution is -2.54. The number of hydrogen-bond donors (Lipinski definition) is 1. The van der Waals surface area contributed by atoms with Crippen LogP contribution in [0.5, 0.6) is 0 Å². The van der Waals surface area contributed by atoms with Gasteiger partial charge in [-0.3, -0.25) is 9.00 Å². The number of alkyl halides is 3. The number of carbonyl (C=O) groups is 1. The fourth-order valence-electron chi connectivity index (χ4n) is 5.28. The normalized spacial score (nSPS) is 25.5. The van der Waals surface area contributed by atoms with E-state index in [1.54, 1.807) is 4.90 Å². The maximum Gasteiger partial charge on any atom is 0.417 e. The van der Waals surface area contributed by atoms with Gasteiger partial charge in [-0.15, -0.1) is 0 Å². The van der Waals surface area contributed by atoms with Crippen LogP contribution in [0.3, 0.4) is 0 Å². The summed E-state index contributed by atoms with van der Waals surface area (Å²) in [6.07, 6.45) is -2.16. The van der Waals surface area contributed by atoms with E-state index in [-0.39, 0.29) is 46.3 Å². The highest BCUT2D eigenvalue weighted by Gasteiger charge is 2.42. The van der Waals surface area contributed by atoms with Crippen LogP contribution in [0.4, 0.5) is 29.1 Å². The van der Waals surface area contributed by atoms with Crippen molar-refractivity contribution in [2.75, 3.05) is 16.8 Å². The quantitative estimate of drug-likeness (QED) is 0.405. The van der Waals surface area contributed by atoms with Crippen molar-refractivity contribution in [2.24, 2.45) is 0 Å². The lowest BCUT2D eigenvalue weighted by atomic mass is 9.91. The molecule has 1 aromatic heterocycles. The second kappa shape index (κ2) is 10.7. The number of piperidine rings is 1. The molecule has 2 fully saturated rings. The summed E-state index contributed by atoms with van der Waals surface area (Å²) < 4.78 is 75.2. The number of nitrogens with one attached hydrogen (secondary N) is 1. The molecule has 3 heterocycles. The Kier molecular flexibility index (Phi) is 8.01. The first kappa shape index (κ1) is 27.6. The third-order valence-electron chi connectivity index (χ3n) is 6.90. The first-order valence-corrected chi connectivity index (χ1v) is 13.4. The molecule has 4 atom stereocenters. The number of anilines is 2. The van der Waals surface area contributed by atoms with E-state index in [1.807, 2.05) is 18.7 Å². The lowest BCUT2D eigenvalue weighted by Gasteiger charge is -2.46. The molecule has 37 heavy (non-hydrogen) atoms. The summed E-state index contributed by atoms with van der Waals surface area (Å²) in [7, 11) is 0. The Balaban J connectivity index is 1.42. The Hall–Kier alpha value is -2.44. The lowest BCUT2D eigenvalue weighted by molar-refractivity contribution is -0.137. The largest absolute Gasteiger partial charge is 0.772 e. The highest BCUT2D eigenvalue weighted by molar-refractivity contribution is 7.78. The van der Waals surface area contributed by atoms with Crippen molar-refractivity contribution in [1.82, 2.24) is 9.88 Å². The SMILES string of the molecule is CC1CC(N2CC[C@H](Nc3ccc(CS(=O)[O-])cc3F)C2=O)CC(C)N1c1ncc(C(F)(F)F)cc1Cl. The third-order valence-corrected chi connectivity index (χ3v) is 7.75. The Morgan fingerprint density at radius 3 is 2.46 bits per heavy atom. The zero-order valence-corrected chi connectivity index (χ0v) is 21.7. The Bertz CT molecular complexity index is 1190. The highest BCUT2D eigenvalue weighted by atomic mass is 35.5. The Morgan fingerprint density at radius 2 is 1.89 bits per heavy atom. The number of hydrogen-bond acceptors (Lipinski definition) is 6. The van der Waals surface area contributed by atoms with E-state index in [4.69, 9.17) is 11.6 Å². The fourth-order valence-corrected chi connectivity index (χ4v) is 6.00. The topological polar surface area (TPSA) is 88.6 Å². The van der Waals surface area contributed by atoms with E-state index < -0.39 is 34.7 Å². The molecule has 3 unspecified atom stereocenters. The third kappa shape index (κ3) is 6.01. The van der Waals surface area contributed by atoms with Gasteiger partial charge in [-0.1, -0.05) is 28.7 Å². The number of benzene rings is 1. The molecule has 13 heteroatoms. The number of nitrogens with zero attached hydrogens (tertiary/aromatic N) is 3. The molecular weight excluding hydrogens is 536 g/mol. The average Bonchev–Trinajstić information content (AvgIpc) is 3.15. The molecule has 1 amide bonds. The van der Waals surface area contributed by atoms with Crippen molar-refractivity contribution >= 4 is 40.1 Å². The second-order valence-electron chi connectivity index (χ2n) is 9.54. The van der Waals surface area contributed by atoms with Gasteiger partial charge < -0.3 is 19.7 Å². The zero-order valence-electron chi connectivity index (χ0n) is 20.1. The van der Waals surface area contributed by atoms with E-state index in [0.29, 0.717) is 31.4 Å². The standard InChI is InChI=1S/C24H27ClF4N4O3S/c1-13-7-17(8-14(2)33(13)22-18(25)10-16(11-30-22)24(27,28)29)32-6-5-21(23(32)34)31-20-4-3-15(9-19(20)26)12-37(35)36/h3-4,9-11,13-14,17,21,31H,5-8,12H2,1-2H3,(H,35,36)/p-1/t13?,14?,17?,21-/m0/s1. The molecule has 2 aromatic rings. The van der Waals surface area contributed by atoms with Crippen molar-refractivity contribution in [1.29, 1.82) is 0 Å². The summed E-state index contributed by atoms with van der Waals surface area (Å²) in [5, 5.41) is 2.86. The van der Waals surface area contributed by atoms with Gasteiger partial charge in [-0.2, -0.15) is 13.2 Å². The van der Waals surface area contributed by atoms with Gasteiger partial charge in [0.2, 0.25) is 5.91 Å². The van der Waals surface area contributed by atoms with Crippen LogP contribution in [-0.4, -0.2) is 55.3 Å². The highest BCUT2D eigenvalue weighted by Crippen LogP contribution is 2.38. The number of pyridine rings is 1. The molecule has 2 saturated heterocycles. The van der Waals surface area contributed by atoms with Crippen LogP contribution in [0.15, 0.2) is 30.5 Å². The van der Waals surface area contributed by atoms with E-state index >= 15 is 0 Å². The van der Waals surface area contributed by atoms with Crippen molar-refractivity contribution in [3.05, 3.63) is 52.4 Å². The minimum Gasteiger partial charge on any atom is -0.772 e. The summed E-state index contributed by atoms with van der Waals surface area (Å²) in [4.78, 5) is 20.9. The molecule has 1 aromatic carbocycles. The molecule has 2 aliphatic heterocycles. The van der Waals surface area contributed by atoms with Gasteiger partial charge in [0, 0.05) is 36.6 Å². The van der Waals surface area contributed by atoms with Crippen LogP contribution >= 0.6 is 11.6 Å². The summed E-state index contributed by atoms with van der Waals surface area (Å²) in [5.41, 5.74) is -0.475.